The molecule has 2 aromatic rings. The van der Waals surface area contributed by atoms with Crippen LogP contribution in [0.2, 0.25) is 0 Å². The third kappa shape index (κ3) is 2.48. The Morgan fingerprint density at radius 1 is 1.10 bits per heavy atom. The summed E-state index contributed by atoms with van der Waals surface area (Å²) in [5.41, 5.74) is 3.61. The van der Waals surface area contributed by atoms with E-state index in [4.69, 9.17) is 0 Å². The molecule has 0 spiro atoms. The minimum atomic E-state index is 0.311. The number of hydrogen-bond donors (Lipinski definition) is 1. The molecule has 0 fully saturated rings. The molecule has 1 N–H and O–H groups in total. The van der Waals surface area contributed by atoms with Crippen molar-refractivity contribution in [1.82, 2.24) is 0 Å². The highest BCUT2D eigenvalue weighted by Crippen LogP contribution is 2.34. The van der Waals surface area contributed by atoms with Gasteiger partial charge < -0.3 is 14.9 Å². The van der Waals surface area contributed by atoms with E-state index in [0.29, 0.717) is 5.75 Å². The van der Waals surface area contributed by atoms with Crippen LogP contribution in [-0.4, -0.2) is 25.2 Å². The van der Waals surface area contributed by atoms with Crippen LogP contribution in [-0.2, 0) is 6.54 Å². The van der Waals surface area contributed by atoms with Gasteiger partial charge in [-0.3, -0.25) is 0 Å². The molecule has 0 radical (unpaired) electrons. The molecule has 0 aliphatic carbocycles. The number of fused-ring (bicyclic) bond motifs is 1. The summed E-state index contributed by atoms with van der Waals surface area (Å²) in [5.74, 6) is 0.311. The molecule has 0 amide bonds. The first kappa shape index (κ1) is 13.3. The molecule has 0 saturated carbocycles. The number of likely N-dealkylation sites (N-methyl/N-ethyl adjacent to an activating group) is 1. The maximum Gasteiger partial charge on any atom is 0.115 e. The van der Waals surface area contributed by atoms with Gasteiger partial charge in [0, 0.05) is 31.2 Å². The number of hydrogen-bond acceptors (Lipinski definition) is 3. The third-order valence-corrected chi connectivity index (χ3v) is 4.50. The van der Waals surface area contributed by atoms with E-state index in [2.05, 4.69) is 57.0 Å². The lowest BCUT2D eigenvalue weighted by Crippen LogP contribution is -2.38. The second kappa shape index (κ2) is 5.37. The van der Waals surface area contributed by atoms with Gasteiger partial charge in [0.05, 0.1) is 11.4 Å². The number of para-hydroxylation sites is 2. The molecule has 20 heavy (non-hydrogen) atoms. The lowest BCUT2D eigenvalue weighted by molar-refractivity contribution is 0.474. The van der Waals surface area contributed by atoms with Crippen LogP contribution in [0, 0.1) is 0 Å². The van der Waals surface area contributed by atoms with Gasteiger partial charge in [-0.05, 0) is 35.9 Å². The van der Waals surface area contributed by atoms with Crippen LogP contribution in [0.15, 0.2) is 46.9 Å². The maximum atomic E-state index is 9.66. The number of phenols is 1. The van der Waals surface area contributed by atoms with Gasteiger partial charge >= 0.3 is 0 Å². The molecule has 1 heterocycles. The molecule has 2 aromatic carbocycles. The molecule has 3 rings (SSSR count). The second-order valence-electron chi connectivity index (χ2n) is 5.11. The number of halogens is 1. The predicted octanol–water partition coefficient (Wildman–Crippen LogP) is 3.61. The highest BCUT2D eigenvalue weighted by Gasteiger charge is 2.20. The van der Waals surface area contributed by atoms with Gasteiger partial charge in [0.15, 0.2) is 0 Å². The first-order chi connectivity index (χ1) is 9.65. The van der Waals surface area contributed by atoms with E-state index in [9.17, 15) is 5.11 Å². The van der Waals surface area contributed by atoms with Crippen molar-refractivity contribution in [2.45, 2.75) is 6.54 Å². The normalized spacial score (nSPS) is 14.3. The zero-order valence-corrected chi connectivity index (χ0v) is 13.0. The Morgan fingerprint density at radius 2 is 1.85 bits per heavy atom. The molecule has 0 bridgehead atoms. The number of nitrogens with zero attached hydrogens (tertiary/aromatic N) is 2. The van der Waals surface area contributed by atoms with E-state index in [1.807, 2.05) is 12.1 Å². The summed E-state index contributed by atoms with van der Waals surface area (Å²) < 4.78 is 1.03. The molecule has 4 heteroatoms. The summed E-state index contributed by atoms with van der Waals surface area (Å²) >= 11 is 3.56. The van der Waals surface area contributed by atoms with Crippen LogP contribution < -0.4 is 9.80 Å². The number of benzene rings is 2. The fourth-order valence-corrected chi connectivity index (χ4v) is 2.99. The smallest absolute Gasteiger partial charge is 0.115 e. The SMILES string of the molecule is CN1CCN(Cc2cc(O)ccc2Br)c2ccccc21. The largest absolute Gasteiger partial charge is 0.508 e. The van der Waals surface area contributed by atoms with Crippen molar-refractivity contribution in [2.75, 3.05) is 29.9 Å². The summed E-state index contributed by atoms with van der Waals surface area (Å²) in [7, 11) is 2.13. The standard InChI is InChI=1S/C16H17BrN2O/c1-18-8-9-19(16-5-3-2-4-15(16)18)11-12-10-13(20)6-7-14(12)17/h2-7,10,20H,8-9,11H2,1H3. The summed E-state index contributed by atoms with van der Waals surface area (Å²) in [5, 5.41) is 9.66. The van der Waals surface area contributed by atoms with Crippen LogP contribution in [0.1, 0.15) is 5.56 Å². The number of rotatable bonds is 2. The Hall–Kier alpha value is -1.68. The summed E-state index contributed by atoms with van der Waals surface area (Å²) in [6.07, 6.45) is 0. The lowest BCUT2D eigenvalue weighted by Gasteiger charge is -2.37. The number of phenolic OH excluding ortho intramolecular Hbond substituents is 1. The van der Waals surface area contributed by atoms with Crippen molar-refractivity contribution in [3.8, 4) is 5.75 Å². The molecular formula is C16H17BrN2O. The van der Waals surface area contributed by atoms with Crippen LogP contribution >= 0.6 is 15.9 Å². The van der Waals surface area contributed by atoms with Gasteiger partial charge in [-0.2, -0.15) is 0 Å². The third-order valence-electron chi connectivity index (χ3n) is 3.73. The summed E-state index contributed by atoms with van der Waals surface area (Å²) in [4.78, 5) is 4.64. The van der Waals surface area contributed by atoms with Gasteiger partial charge in [0.2, 0.25) is 0 Å². The predicted molar refractivity (Wildman–Crippen MR) is 86.6 cm³/mol. The molecule has 0 atom stereocenters. The van der Waals surface area contributed by atoms with Crippen LogP contribution in [0.25, 0.3) is 0 Å². The summed E-state index contributed by atoms with van der Waals surface area (Å²) in [6, 6.07) is 13.9. The molecule has 1 aliphatic heterocycles. The fourth-order valence-electron chi connectivity index (χ4n) is 2.62. The molecule has 104 valence electrons. The highest BCUT2D eigenvalue weighted by molar-refractivity contribution is 9.10. The molecular weight excluding hydrogens is 316 g/mol. The van der Waals surface area contributed by atoms with Gasteiger partial charge in [-0.25, -0.2) is 0 Å². The van der Waals surface area contributed by atoms with Crippen molar-refractivity contribution in [3.63, 3.8) is 0 Å². The minimum Gasteiger partial charge on any atom is -0.508 e. The van der Waals surface area contributed by atoms with Gasteiger partial charge in [0.1, 0.15) is 5.75 Å². The Morgan fingerprint density at radius 3 is 2.65 bits per heavy atom. The summed E-state index contributed by atoms with van der Waals surface area (Å²) in [6.45, 7) is 2.78. The quantitative estimate of drug-likeness (QED) is 0.909. The van der Waals surface area contributed by atoms with E-state index in [1.165, 1.54) is 11.4 Å². The number of aromatic hydroxyl groups is 1. The van der Waals surface area contributed by atoms with Crippen molar-refractivity contribution in [2.24, 2.45) is 0 Å². The molecule has 0 unspecified atom stereocenters. The zero-order chi connectivity index (χ0) is 14.1. The van der Waals surface area contributed by atoms with E-state index in [1.54, 1.807) is 6.07 Å². The lowest BCUT2D eigenvalue weighted by atomic mass is 10.1. The van der Waals surface area contributed by atoms with E-state index < -0.39 is 0 Å². The fraction of sp³-hybridized carbons (Fsp3) is 0.250. The van der Waals surface area contributed by atoms with Crippen molar-refractivity contribution in [1.29, 1.82) is 0 Å². The van der Waals surface area contributed by atoms with Crippen molar-refractivity contribution < 1.29 is 5.11 Å². The van der Waals surface area contributed by atoms with E-state index in [-0.39, 0.29) is 0 Å². The zero-order valence-electron chi connectivity index (χ0n) is 11.4. The van der Waals surface area contributed by atoms with E-state index in [0.717, 1.165) is 29.7 Å². The second-order valence-corrected chi connectivity index (χ2v) is 5.96. The van der Waals surface area contributed by atoms with E-state index >= 15 is 0 Å². The first-order valence-electron chi connectivity index (χ1n) is 6.67. The average Bonchev–Trinajstić information content (AvgIpc) is 2.46. The monoisotopic (exact) mass is 332 g/mol. The van der Waals surface area contributed by atoms with Crippen molar-refractivity contribution >= 4 is 27.3 Å². The maximum absolute atomic E-state index is 9.66. The van der Waals surface area contributed by atoms with Crippen LogP contribution in [0.4, 0.5) is 11.4 Å². The molecule has 1 aliphatic rings. The first-order valence-corrected chi connectivity index (χ1v) is 7.47. The minimum absolute atomic E-state index is 0.311. The Kier molecular flexibility index (Phi) is 3.57. The van der Waals surface area contributed by atoms with Gasteiger partial charge in [0.25, 0.3) is 0 Å². The molecule has 3 nitrogen and oxygen atoms in total. The van der Waals surface area contributed by atoms with Gasteiger partial charge in [-0.1, -0.05) is 28.1 Å². The van der Waals surface area contributed by atoms with Crippen LogP contribution in [0.3, 0.4) is 0 Å². The highest BCUT2D eigenvalue weighted by atomic mass is 79.9. The average molecular weight is 333 g/mol. The number of anilines is 2. The Labute approximate surface area is 127 Å². The molecule has 0 saturated heterocycles. The Balaban J connectivity index is 1.92. The van der Waals surface area contributed by atoms with Gasteiger partial charge in [-0.15, -0.1) is 0 Å². The van der Waals surface area contributed by atoms with Crippen LogP contribution in [0.5, 0.6) is 5.75 Å². The topological polar surface area (TPSA) is 26.7 Å². The molecule has 0 aromatic heterocycles. The Bertz CT molecular complexity index is 630. The van der Waals surface area contributed by atoms with Crippen molar-refractivity contribution in [3.05, 3.63) is 52.5 Å².